The molecule has 0 aliphatic carbocycles. The van der Waals surface area contributed by atoms with Gasteiger partial charge in [0.15, 0.2) is 0 Å². The standard InChI is InChI=1S/C18H27N3O3S/c1-4-6-15(5-2)11-12-20-17(22)13-21(18(20)19)25(23,24)16-9-7-14(3)8-10-16/h7-10,15,19H,4-6,11-13H2,1-3H3. The first-order chi connectivity index (χ1) is 11.8. The van der Waals surface area contributed by atoms with Gasteiger partial charge in [0.05, 0.1) is 4.90 Å². The molecule has 1 N–H and O–H groups in total. The second-order valence-electron chi connectivity index (χ2n) is 6.55. The Morgan fingerprint density at radius 3 is 2.36 bits per heavy atom. The largest absolute Gasteiger partial charge is 0.280 e. The summed E-state index contributed by atoms with van der Waals surface area (Å²) >= 11 is 0. The minimum atomic E-state index is -3.88. The molecule has 0 saturated carbocycles. The van der Waals surface area contributed by atoms with Crippen LogP contribution in [0.1, 0.15) is 45.1 Å². The Hall–Kier alpha value is -1.89. The summed E-state index contributed by atoms with van der Waals surface area (Å²) in [5.41, 5.74) is 0.953. The predicted molar refractivity (Wildman–Crippen MR) is 97.8 cm³/mol. The van der Waals surface area contributed by atoms with Crippen LogP contribution >= 0.6 is 0 Å². The molecule has 2 rings (SSSR count). The van der Waals surface area contributed by atoms with E-state index in [1.807, 2.05) is 6.92 Å². The number of carbonyl (C=O) groups is 1. The van der Waals surface area contributed by atoms with Crippen LogP contribution in [0, 0.1) is 18.3 Å². The minimum absolute atomic E-state index is 0.106. The highest BCUT2D eigenvalue weighted by Crippen LogP contribution is 2.23. The molecule has 25 heavy (non-hydrogen) atoms. The summed E-state index contributed by atoms with van der Waals surface area (Å²) in [6.45, 7) is 6.23. The first-order valence-electron chi connectivity index (χ1n) is 8.79. The SMILES string of the molecule is CCCC(CC)CCN1C(=N)N(S(=O)(=O)c2ccc(C)cc2)CC1=O. The van der Waals surface area contributed by atoms with Gasteiger partial charge in [0.2, 0.25) is 11.9 Å². The molecule has 138 valence electrons. The number of guanidine groups is 1. The maximum Gasteiger partial charge on any atom is 0.267 e. The Kier molecular flexibility index (Phi) is 6.21. The topological polar surface area (TPSA) is 81.5 Å². The van der Waals surface area contributed by atoms with E-state index in [4.69, 9.17) is 5.41 Å². The Morgan fingerprint density at radius 1 is 1.16 bits per heavy atom. The summed E-state index contributed by atoms with van der Waals surface area (Å²) < 4.78 is 26.4. The number of carbonyl (C=O) groups excluding carboxylic acids is 1. The molecule has 1 aromatic carbocycles. The van der Waals surface area contributed by atoms with Gasteiger partial charge in [-0.3, -0.25) is 15.1 Å². The van der Waals surface area contributed by atoms with Gasteiger partial charge in [-0.25, -0.2) is 12.7 Å². The molecule has 0 spiro atoms. The van der Waals surface area contributed by atoms with Crippen molar-refractivity contribution >= 4 is 21.9 Å². The van der Waals surface area contributed by atoms with E-state index < -0.39 is 10.0 Å². The predicted octanol–water partition coefficient (Wildman–Crippen LogP) is 2.98. The van der Waals surface area contributed by atoms with Crippen molar-refractivity contribution in [1.29, 1.82) is 5.41 Å². The maximum atomic E-state index is 12.8. The molecule has 6 nitrogen and oxygen atoms in total. The molecule has 7 heteroatoms. The summed E-state index contributed by atoms with van der Waals surface area (Å²) in [5, 5.41) is 8.20. The second-order valence-corrected chi connectivity index (χ2v) is 8.41. The zero-order chi connectivity index (χ0) is 18.6. The molecule has 1 saturated heterocycles. The lowest BCUT2D eigenvalue weighted by Gasteiger charge is -2.22. The number of rotatable bonds is 8. The summed E-state index contributed by atoms with van der Waals surface area (Å²) in [6.07, 6.45) is 3.97. The molecular formula is C18H27N3O3S. The van der Waals surface area contributed by atoms with E-state index >= 15 is 0 Å². The van der Waals surface area contributed by atoms with Gasteiger partial charge in [-0.2, -0.15) is 0 Å². The number of hydrogen-bond donors (Lipinski definition) is 1. The first kappa shape index (κ1) is 19.4. The van der Waals surface area contributed by atoms with Crippen molar-refractivity contribution in [1.82, 2.24) is 9.21 Å². The Balaban J connectivity index is 2.13. The highest BCUT2D eigenvalue weighted by Gasteiger charge is 2.40. The molecule has 0 aromatic heterocycles. The molecule has 1 unspecified atom stereocenters. The van der Waals surface area contributed by atoms with E-state index in [9.17, 15) is 13.2 Å². The van der Waals surface area contributed by atoms with Gasteiger partial charge in [0.25, 0.3) is 10.0 Å². The van der Waals surface area contributed by atoms with Crippen LogP contribution in [-0.2, 0) is 14.8 Å². The Morgan fingerprint density at radius 2 is 1.80 bits per heavy atom. The summed E-state index contributed by atoms with van der Waals surface area (Å²) in [6, 6.07) is 6.45. The van der Waals surface area contributed by atoms with Crippen LogP contribution in [0.15, 0.2) is 29.2 Å². The minimum Gasteiger partial charge on any atom is -0.280 e. The smallest absolute Gasteiger partial charge is 0.267 e. The maximum absolute atomic E-state index is 12.8. The van der Waals surface area contributed by atoms with Crippen LogP contribution in [-0.4, -0.2) is 42.6 Å². The van der Waals surface area contributed by atoms with Crippen molar-refractivity contribution in [3.8, 4) is 0 Å². The average molecular weight is 365 g/mol. The quantitative estimate of drug-likeness (QED) is 0.769. The van der Waals surface area contributed by atoms with Gasteiger partial charge in [0.1, 0.15) is 6.54 Å². The normalized spacial score (nSPS) is 16.6. The molecule has 1 amide bonds. The zero-order valence-electron chi connectivity index (χ0n) is 15.2. The van der Waals surface area contributed by atoms with Crippen molar-refractivity contribution < 1.29 is 13.2 Å². The summed E-state index contributed by atoms with van der Waals surface area (Å²) in [4.78, 5) is 13.7. The lowest BCUT2D eigenvalue weighted by molar-refractivity contribution is -0.125. The third-order valence-corrected chi connectivity index (χ3v) is 6.47. The van der Waals surface area contributed by atoms with Crippen molar-refractivity contribution in [2.24, 2.45) is 5.92 Å². The van der Waals surface area contributed by atoms with Crippen LogP contribution in [0.3, 0.4) is 0 Å². The number of amides is 1. The Bertz CT molecular complexity index is 728. The van der Waals surface area contributed by atoms with Crippen molar-refractivity contribution in [3.05, 3.63) is 29.8 Å². The van der Waals surface area contributed by atoms with Gasteiger partial charge >= 0.3 is 0 Å². The fourth-order valence-electron chi connectivity index (χ4n) is 3.08. The first-order valence-corrected chi connectivity index (χ1v) is 10.2. The average Bonchev–Trinajstić information content (AvgIpc) is 2.87. The van der Waals surface area contributed by atoms with Gasteiger partial charge in [0, 0.05) is 6.54 Å². The number of benzene rings is 1. The van der Waals surface area contributed by atoms with E-state index in [1.165, 1.54) is 17.0 Å². The number of nitrogens with one attached hydrogen (secondary N) is 1. The molecular weight excluding hydrogens is 338 g/mol. The number of hydrogen-bond acceptors (Lipinski definition) is 4. The van der Waals surface area contributed by atoms with E-state index in [0.29, 0.717) is 12.5 Å². The second kappa shape index (κ2) is 7.99. The van der Waals surface area contributed by atoms with Gasteiger partial charge < -0.3 is 0 Å². The zero-order valence-corrected chi connectivity index (χ0v) is 16.0. The Labute approximate surface area is 150 Å². The van der Waals surface area contributed by atoms with Crippen molar-refractivity contribution in [3.63, 3.8) is 0 Å². The van der Waals surface area contributed by atoms with E-state index in [2.05, 4.69) is 13.8 Å². The van der Waals surface area contributed by atoms with Gasteiger partial charge in [-0.05, 0) is 31.4 Å². The van der Waals surface area contributed by atoms with Gasteiger partial charge in [-0.1, -0.05) is 50.8 Å². The van der Waals surface area contributed by atoms with Crippen LogP contribution < -0.4 is 0 Å². The third kappa shape index (κ3) is 4.21. The van der Waals surface area contributed by atoms with Crippen molar-refractivity contribution in [2.45, 2.75) is 51.3 Å². The summed E-state index contributed by atoms with van der Waals surface area (Å²) in [7, 11) is -3.88. The fourth-order valence-corrected chi connectivity index (χ4v) is 4.42. The van der Waals surface area contributed by atoms with Crippen LogP contribution in [0.5, 0.6) is 0 Å². The van der Waals surface area contributed by atoms with E-state index in [0.717, 1.165) is 35.6 Å². The highest BCUT2D eigenvalue weighted by atomic mass is 32.2. The lowest BCUT2D eigenvalue weighted by atomic mass is 9.97. The van der Waals surface area contributed by atoms with Crippen LogP contribution in [0.4, 0.5) is 0 Å². The van der Waals surface area contributed by atoms with Crippen molar-refractivity contribution in [2.75, 3.05) is 13.1 Å². The van der Waals surface area contributed by atoms with Crippen LogP contribution in [0.2, 0.25) is 0 Å². The monoisotopic (exact) mass is 365 g/mol. The van der Waals surface area contributed by atoms with E-state index in [-0.39, 0.29) is 23.3 Å². The van der Waals surface area contributed by atoms with E-state index in [1.54, 1.807) is 12.1 Å². The summed E-state index contributed by atoms with van der Waals surface area (Å²) in [5.74, 6) is -0.0719. The fraction of sp³-hybridized carbons (Fsp3) is 0.556. The molecule has 1 fully saturated rings. The van der Waals surface area contributed by atoms with Gasteiger partial charge in [-0.15, -0.1) is 0 Å². The highest BCUT2D eigenvalue weighted by molar-refractivity contribution is 7.89. The number of aryl methyl sites for hydroxylation is 1. The lowest BCUT2D eigenvalue weighted by Crippen LogP contribution is -2.38. The third-order valence-electron chi connectivity index (χ3n) is 4.72. The molecule has 1 atom stereocenters. The molecule has 1 aliphatic rings. The van der Waals surface area contributed by atoms with Crippen LogP contribution in [0.25, 0.3) is 0 Å². The number of sulfonamides is 1. The number of nitrogens with zero attached hydrogens (tertiary/aromatic N) is 2. The molecule has 0 radical (unpaired) electrons. The molecule has 1 aliphatic heterocycles. The molecule has 0 bridgehead atoms. The molecule has 1 aromatic rings. The molecule has 1 heterocycles.